The molecule has 1 unspecified atom stereocenters. The lowest BCUT2D eigenvalue weighted by atomic mass is 9.99. The first-order chi connectivity index (χ1) is 7.93. The zero-order valence-corrected chi connectivity index (χ0v) is 11.3. The Morgan fingerprint density at radius 3 is 3.00 bits per heavy atom. The van der Waals surface area contributed by atoms with Crippen LogP contribution < -0.4 is 0 Å². The van der Waals surface area contributed by atoms with E-state index in [0.717, 1.165) is 6.04 Å². The number of hydrogen-bond donors (Lipinski definition) is 0. The summed E-state index contributed by atoms with van der Waals surface area (Å²) in [6.45, 7) is 2.59. The van der Waals surface area contributed by atoms with Gasteiger partial charge in [-0.1, -0.05) is 18.2 Å². The summed E-state index contributed by atoms with van der Waals surface area (Å²) in [6.07, 6.45) is 4.02. The van der Waals surface area contributed by atoms with E-state index in [9.17, 15) is 0 Å². The Morgan fingerprint density at radius 2 is 2.06 bits per heavy atom. The van der Waals surface area contributed by atoms with E-state index in [4.69, 9.17) is 0 Å². The van der Waals surface area contributed by atoms with Crippen LogP contribution in [0.4, 0.5) is 0 Å². The normalized spacial score (nSPS) is 23.2. The molecule has 1 aromatic carbocycles. The molecule has 1 aromatic heterocycles. The van der Waals surface area contributed by atoms with Gasteiger partial charge in [0.2, 0.25) is 0 Å². The second kappa shape index (κ2) is 4.27. The fraction of sp³-hybridized carbons (Fsp3) is 0.429. The average molecular weight is 266 g/mol. The lowest BCUT2D eigenvalue weighted by Crippen LogP contribution is -2.29. The van der Waals surface area contributed by atoms with Crippen LogP contribution in [0.25, 0.3) is 10.1 Å². The van der Waals surface area contributed by atoms with Crippen molar-refractivity contribution in [3.8, 4) is 0 Å². The molecule has 2 aliphatic rings. The highest BCUT2D eigenvalue weighted by Crippen LogP contribution is 2.44. The first-order valence-corrected chi connectivity index (χ1v) is 6.99. The smallest absolute Gasteiger partial charge is 0.0445 e. The van der Waals surface area contributed by atoms with Gasteiger partial charge in [0, 0.05) is 22.2 Å². The monoisotopic (exact) mass is 265 g/mol. The van der Waals surface area contributed by atoms with Gasteiger partial charge in [-0.2, -0.15) is 0 Å². The molecular weight excluding hydrogens is 250 g/mol. The van der Waals surface area contributed by atoms with E-state index in [1.165, 1.54) is 42.4 Å². The predicted octanol–water partition coefficient (Wildman–Crippen LogP) is 4.02. The van der Waals surface area contributed by atoms with E-state index in [1.54, 1.807) is 10.4 Å². The van der Waals surface area contributed by atoms with E-state index in [-0.39, 0.29) is 12.4 Å². The largest absolute Gasteiger partial charge is 0.295 e. The molecule has 4 rings (SSSR count). The van der Waals surface area contributed by atoms with Crippen molar-refractivity contribution in [3.05, 3.63) is 34.7 Å². The van der Waals surface area contributed by atoms with Crippen LogP contribution in [0.3, 0.4) is 0 Å². The number of rotatable bonds is 0. The molecule has 2 aromatic rings. The maximum atomic E-state index is 2.68. The van der Waals surface area contributed by atoms with Crippen LogP contribution in [0.5, 0.6) is 0 Å². The maximum Gasteiger partial charge on any atom is 0.0445 e. The van der Waals surface area contributed by atoms with Gasteiger partial charge < -0.3 is 0 Å². The zero-order valence-electron chi connectivity index (χ0n) is 9.69. The molecule has 1 saturated heterocycles. The van der Waals surface area contributed by atoms with Crippen LogP contribution in [0.1, 0.15) is 29.3 Å². The minimum atomic E-state index is 0. The van der Waals surface area contributed by atoms with Crippen molar-refractivity contribution in [1.29, 1.82) is 0 Å². The van der Waals surface area contributed by atoms with Gasteiger partial charge in [0.05, 0.1) is 0 Å². The Hall–Kier alpha value is -0.570. The highest BCUT2D eigenvalue weighted by Gasteiger charge is 2.33. The van der Waals surface area contributed by atoms with Crippen LogP contribution in [0.15, 0.2) is 24.3 Å². The minimum Gasteiger partial charge on any atom is -0.295 e. The highest BCUT2D eigenvalue weighted by molar-refractivity contribution is 7.19. The molecule has 0 spiro atoms. The lowest BCUT2D eigenvalue weighted by molar-refractivity contribution is 0.248. The third-order valence-electron chi connectivity index (χ3n) is 4.04. The third-order valence-corrected chi connectivity index (χ3v) is 5.36. The van der Waals surface area contributed by atoms with Crippen LogP contribution in [0, 0.1) is 0 Å². The molecule has 0 aliphatic carbocycles. The Morgan fingerprint density at radius 1 is 1.18 bits per heavy atom. The van der Waals surface area contributed by atoms with Crippen molar-refractivity contribution < 1.29 is 0 Å². The number of thiophene rings is 1. The van der Waals surface area contributed by atoms with Crippen molar-refractivity contribution in [1.82, 2.24) is 4.90 Å². The molecule has 17 heavy (non-hydrogen) atoms. The first kappa shape index (κ1) is 11.5. The molecule has 0 radical (unpaired) electrons. The summed E-state index contributed by atoms with van der Waals surface area (Å²) in [7, 11) is 0. The number of halogens is 1. The molecule has 3 heteroatoms. The summed E-state index contributed by atoms with van der Waals surface area (Å²) >= 11 is 2.03. The van der Waals surface area contributed by atoms with Gasteiger partial charge in [0.1, 0.15) is 0 Å². The third kappa shape index (κ3) is 1.62. The van der Waals surface area contributed by atoms with Gasteiger partial charge in [0.15, 0.2) is 0 Å². The number of hydrogen-bond acceptors (Lipinski definition) is 2. The zero-order chi connectivity index (χ0) is 10.5. The van der Waals surface area contributed by atoms with Crippen molar-refractivity contribution in [3.63, 3.8) is 0 Å². The van der Waals surface area contributed by atoms with Crippen LogP contribution in [-0.2, 0) is 6.42 Å². The van der Waals surface area contributed by atoms with Gasteiger partial charge in [-0.15, -0.1) is 23.7 Å². The van der Waals surface area contributed by atoms with Crippen molar-refractivity contribution >= 4 is 33.8 Å². The highest BCUT2D eigenvalue weighted by atomic mass is 35.5. The Kier molecular flexibility index (Phi) is 2.89. The summed E-state index contributed by atoms with van der Waals surface area (Å²) < 4.78 is 1.49. The molecule has 90 valence electrons. The molecule has 0 saturated carbocycles. The molecule has 0 N–H and O–H groups in total. The minimum absolute atomic E-state index is 0. The fourth-order valence-corrected chi connectivity index (χ4v) is 4.71. The molecule has 2 aliphatic heterocycles. The quantitative estimate of drug-likeness (QED) is 0.696. The first-order valence-electron chi connectivity index (χ1n) is 6.18. The van der Waals surface area contributed by atoms with Gasteiger partial charge in [-0.25, -0.2) is 0 Å². The van der Waals surface area contributed by atoms with E-state index in [0.29, 0.717) is 0 Å². The van der Waals surface area contributed by atoms with E-state index >= 15 is 0 Å². The summed E-state index contributed by atoms with van der Waals surface area (Å²) in [4.78, 5) is 4.35. The second-order valence-corrected chi connectivity index (χ2v) is 5.97. The molecule has 3 heterocycles. The van der Waals surface area contributed by atoms with Gasteiger partial charge in [0.25, 0.3) is 0 Å². The van der Waals surface area contributed by atoms with Crippen LogP contribution >= 0.6 is 23.7 Å². The fourth-order valence-electron chi connectivity index (χ4n) is 3.29. The average Bonchev–Trinajstić information content (AvgIpc) is 2.92. The number of fused-ring (bicyclic) bond motifs is 5. The predicted molar refractivity (Wildman–Crippen MR) is 76.3 cm³/mol. The van der Waals surface area contributed by atoms with Crippen LogP contribution in [-0.4, -0.2) is 18.0 Å². The van der Waals surface area contributed by atoms with E-state index in [1.807, 2.05) is 11.3 Å². The Labute approximate surface area is 112 Å². The number of nitrogens with zero attached hydrogens (tertiary/aromatic N) is 1. The van der Waals surface area contributed by atoms with Crippen molar-refractivity contribution in [2.75, 3.05) is 13.1 Å². The van der Waals surface area contributed by atoms with Crippen molar-refractivity contribution in [2.24, 2.45) is 0 Å². The van der Waals surface area contributed by atoms with Gasteiger partial charge in [-0.3, -0.25) is 4.90 Å². The molecule has 1 atom stereocenters. The maximum absolute atomic E-state index is 2.68. The van der Waals surface area contributed by atoms with Gasteiger partial charge >= 0.3 is 0 Å². The second-order valence-electron chi connectivity index (χ2n) is 4.89. The molecule has 1 nitrogen and oxygen atoms in total. The SMILES string of the molecule is Cl.c1ccc2c3c(sc2c1)C1CCCN1CC3. The Bertz CT molecular complexity index is 548. The topological polar surface area (TPSA) is 3.24 Å². The number of benzene rings is 1. The molecular formula is C14H16ClNS. The van der Waals surface area contributed by atoms with E-state index in [2.05, 4.69) is 29.2 Å². The van der Waals surface area contributed by atoms with E-state index < -0.39 is 0 Å². The summed E-state index contributed by atoms with van der Waals surface area (Å²) in [5, 5.41) is 1.52. The summed E-state index contributed by atoms with van der Waals surface area (Å²) in [5.41, 5.74) is 1.66. The lowest BCUT2D eigenvalue weighted by Gasteiger charge is -2.29. The molecule has 0 amide bonds. The Balaban J connectivity index is 0.000000902. The van der Waals surface area contributed by atoms with Crippen molar-refractivity contribution in [2.45, 2.75) is 25.3 Å². The summed E-state index contributed by atoms with van der Waals surface area (Å²) in [5.74, 6) is 0. The van der Waals surface area contributed by atoms with Gasteiger partial charge in [-0.05, 0) is 42.8 Å². The molecule has 0 bridgehead atoms. The molecule has 1 fully saturated rings. The summed E-state index contributed by atoms with van der Waals surface area (Å²) in [6, 6.07) is 9.67. The van der Waals surface area contributed by atoms with Crippen LogP contribution in [0.2, 0.25) is 0 Å². The standard InChI is InChI=1S/C14H15NS.ClH/c1-2-6-13-10(4-1)11-7-9-15-8-3-5-12(15)14(11)16-13;/h1-2,4,6,12H,3,5,7-9H2;1H.